The number of aromatic nitrogens is 4. The molecule has 7 nitrogen and oxygen atoms in total. The maximum absolute atomic E-state index is 12.3. The lowest BCUT2D eigenvalue weighted by atomic mass is 10.2. The number of nitrogens with zero attached hydrogens (tertiary/aromatic N) is 4. The van der Waals surface area contributed by atoms with E-state index in [-0.39, 0.29) is 17.8 Å². The molecule has 3 aromatic rings. The van der Waals surface area contributed by atoms with Crippen molar-refractivity contribution in [1.29, 1.82) is 0 Å². The zero-order valence-electron chi connectivity index (χ0n) is 16.7. The third-order valence-corrected chi connectivity index (χ3v) is 5.49. The highest BCUT2D eigenvalue weighted by Gasteiger charge is 2.20. The number of benzene rings is 1. The van der Waals surface area contributed by atoms with E-state index in [0.29, 0.717) is 23.3 Å². The Hall–Kier alpha value is -2.65. The van der Waals surface area contributed by atoms with Crippen molar-refractivity contribution in [3.8, 4) is 5.75 Å². The van der Waals surface area contributed by atoms with Crippen molar-refractivity contribution >= 4 is 39.4 Å². The van der Waals surface area contributed by atoms with E-state index in [1.807, 2.05) is 48.7 Å². The van der Waals surface area contributed by atoms with Crippen molar-refractivity contribution in [2.24, 2.45) is 0 Å². The second-order valence-corrected chi connectivity index (χ2v) is 8.37. The fourth-order valence-corrected chi connectivity index (χ4v) is 3.70. The number of hydrogen-bond acceptors (Lipinski definition) is 6. The number of carbonyl (C=O) groups is 1. The van der Waals surface area contributed by atoms with Crippen LogP contribution < -0.4 is 10.1 Å². The number of rotatable bonds is 9. The van der Waals surface area contributed by atoms with Crippen LogP contribution >= 0.6 is 27.7 Å². The first-order chi connectivity index (χ1) is 14.5. The van der Waals surface area contributed by atoms with Gasteiger partial charge in [-0.05, 0) is 59.6 Å². The van der Waals surface area contributed by atoms with Gasteiger partial charge in [0.05, 0.1) is 5.75 Å². The molecule has 1 atom stereocenters. The number of aryl methyl sites for hydroxylation is 1. The number of halogens is 1. The number of thioether (sulfide) groups is 1. The number of allylic oxidation sites excluding steroid dienone is 1. The van der Waals surface area contributed by atoms with Crippen LogP contribution in [0.3, 0.4) is 0 Å². The van der Waals surface area contributed by atoms with Gasteiger partial charge in [0.2, 0.25) is 5.91 Å². The molecule has 1 amide bonds. The summed E-state index contributed by atoms with van der Waals surface area (Å²) < 4.78 is 8.79. The minimum absolute atomic E-state index is 0.173. The zero-order valence-corrected chi connectivity index (χ0v) is 19.1. The fraction of sp³-hybridized carbons (Fsp3) is 0.238. The predicted octanol–water partition coefficient (Wildman–Crippen LogP) is 4.80. The Morgan fingerprint density at radius 2 is 2.20 bits per heavy atom. The summed E-state index contributed by atoms with van der Waals surface area (Å²) in [5.41, 5.74) is 1.12. The summed E-state index contributed by atoms with van der Waals surface area (Å²) >= 11 is 4.62. The average molecular weight is 488 g/mol. The number of amides is 1. The highest BCUT2D eigenvalue weighted by Crippen LogP contribution is 2.25. The second-order valence-electron chi connectivity index (χ2n) is 6.52. The van der Waals surface area contributed by atoms with Gasteiger partial charge >= 0.3 is 0 Å². The van der Waals surface area contributed by atoms with Crippen LogP contribution in [-0.4, -0.2) is 31.4 Å². The Kier molecular flexibility index (Phi) is 7.64. The molecule has 0 saturated heterocycles. The zero-order chi connectivity index (χ0) is 21.5. The Balaban J connectivity index is 1.66. The van der Waals surface area contributed by atoms with Crippen molar-refractivity contribution in [2.75, 3.05) is 11.1 Å². The molecule has 0 radical (unpaired) electrons. The van der Waals surface area contributed by atoms with E-state index < -0.39 is 0 Å². The Labute approximate surface area is 188 Å². The summed E-state index contributed by atoms with van der Waals surface area (Å²) in [6, 6.07) is 11.4. The molecule has 0 saturated carbocycles. The summed E-state index contributed by atoms with van der Waals surface area (Å²) in [6.07, 6.45) is 3.09. The summed E-state index contributed by atoms with van der Waals surface area (Å²) in [6.45, 7) is 8.27. The number of hydrogen-bond donors (Lipinski definition) is 1. The van der Waals surface area contributed by atoms with Crippen molar-refractivity contribution in [3.63, 3.8) is 0 Å². The van der Waals surface area contributed by atoms with Gasteiger partial charge in [0.25, 0.3) is 0 Å². The molecule has 0 aliphatic carbocycles. The molecule has 1 aromatic carbocycles. The molecule has 156 valence electrons. The number of nitrogens with one attached hydrogen (secondary N) is 1. The minimum atomic E-state index is -0.311. The van der Waals surface area contributed by atoms with Gasteiger partial charge in [0.15, 0.2) is 17.1 Å². The number of carbonyl (C=O) groups excluding carboxylic acids is 1. The SMILES string of the molecule is C=CCn1c(SCC(=O)Nc2ccc(Br)cn2)nnc1C(C)Oc1cccc(C)c1. The maximum atomic E-state index is 12.3. The van der Waals surface area contributed by atoms with Gasteiger partial charge in [-0.2, -0.15) is 0 Å². The smallest absolute Gasteiger partial charge is 0.236 e. The first-order valence-electron chi connectivity index (χ1n) is 9.27. The highest BCUT2D eigenvalue weighted by molar-refractivity contribution is 9.10. The highest BCUT2D eigenvalue weighted by atomic mass is 79.9. The maximum Gasteiger partial charge on any atom is 0.236 e. The van der Waals surface area contributed by atoms with Crippen molar-refractivity contribution in [2.45, 2.75) is 31.7 Å². The van der Waals surface area contributed by atoms with E-state index in [2.05, 4.69) is 43.0 Å². The van der Waals surface area contributed by atoms with Gasteiger partial charge in [0, 0.05) is 17.2 Å². The average Bonchev–Trinajstić information content (AvgIpc) is 3.11. The standard InChI is InChI=1S/C21H22BrN5O2S/c1-4-10-27-20(15(3)29-17-7-5-6-14(2)11-17)25-26-21(27)30-13-19(28)24-18-9-8-16(22)12-23-18/h4-9,11-12,15H,1,10,13H2,2-3H3,(H,23,24,28). The van der Waals surface area contributed by atoms with E-state index in [9.17, 15) is 4.79 Å². The van der Waals surface area contributed by atoms with Gasteiger partial charge in [-0.3, -0.25) is 9.36 Å². The minimum Gasteiger partial charge on any atom is -0.483 e. The molecule has 0 bridgehead atoms. The molecule has 9 heteroatoms. The molecule has 0 aliphatic rings. The summed E-state index contributed by atoms with van der Waals surface area (Å²) in [7, 11) is 0. The van der Waals surface area contributed by atoms with Crippen LogP contribution in [0.4, 0.5) is 5.82 Å². The molecular formula is C21H22BrN5O2S. The van der Waals surface area contributed by atoms with E-state index in [4.69, 9.17) is 4.74 Å². The Morgan fingerprint density at radius 3 is 2.90 bits per heavy atom. The van der Waals surface area contributed by atoms with Crippen molar-refractivity contribution < 1.29 is 9.53 Å². The molecule has 1 N–H and O–H groups in total. The Bertz CT molecular complexity index is 1020. The topological polar surface area (TPSA) is 81.9 Å². The first-order valence-corrected chi connectivity index (χ1v) is 11.1. The lowest BCUT2D eigenvalue weighted by Gasteiger charge is -2.16. The molecule has 2 heterocycles. The molecule has 0 spiro atoms. The second kappa shape index (κ2) is 10.4. The van der Waals surface area contributed by atoms with Gasteiger partial charge in [-0.1, -0.05) is 30.0 Å². The largest absolute Gasteiger partial charge is 0.483 e. The third kappa shape index (κ3) is 5.93. The summed E-state index contributed by atoms with van der Waals surface area (Å²) in [4.78, 5) is 16.4. The summed E-state index contributed by atoms with van der Waals surface area (Å²) in [5, 5.41) is 11.9. The predicted molar refractivity (Wildman–Crippen MR) is 122 cm³/mol. The summed E-state index contributed by atoms with van der Waals surface area (Å²) in [5.74, 6) is 1.95. The molecule has 2 aromatic heterocycles. The Morgan fingerprint density at radius 1 is 1.37 bits per heavy atom. The first kappa shape index (κ1) is 22.0. The van der Waals surface area contributed by atoms with E-state index >= 15 is 0 Å². The normalized spacial score (nSPS) is 11.7. The molecule has 1 unspecified atom stereocenters. The van der Waals surface area contributed by atoms with Crippen molar-refractivity contribution in [3.05, 3.63) is 71.1 Å². The van der Waals surface area contributed by atoms with Crippen LogP contribution in [0.2, 0.25) is 0 Å². The van der Waals surface area contributed by atoms with E-state index in [1.165, 1.54) is 11.8 Å². The monoisotopic (exact) mass is 487 g/mol. The lowest BCUT2D eigenvalue weighted by Crippen LogP contribution is -2.16. The fourth-order valence-electron chi connectivity index (χ4n) is 2.71. The van der Waals surface area contributed by atoms with Crippen LogP contribution in [0.5, 0.6) is 5.75 Å². The molecule has 0 fully saturated rings. The van der Waals surface area contributed by atoms with Crippen LogP contribution in [-0.2, 0) is 11.3 Å². The molecular weight excluding hydrogens is 466 g/mol. The van der Waals surface area contributed by atoms with Gasteiger partial charge in [0.1, 0.15) is 11.6 Å². The number of ether oxygens (including phenoxy) is 1. The molecule has 0 aliphatic heterocycles. The lowest BCUT2D eigenvalue weighted by molar-refractivity contribution is -0.113. The van der Waals surface area contributed by atoms with Crippen LogP contribution in [0.25, 0.3) is 0 Å². The van der Waals surface area contributed by atoms with Gasteiger partial charge in [-0.15, -0.1) is 16.8 Å². The van der Waals surface area contributed by atoms with Crippen LogP contribution in [0.1, 0.15) is 24.4 Å². The van der Waals surface area contributed by atoms with E-state index in [0.717, 1.165) is 15.8 Å². The number of anilines is 1. The third-order valence-electron chi connectivity index (χ3n) is 4.05. The van der Waals surface area contributed by atoms with E-state index in [1.54, 1.807) is 18.3 Å². The van der Waals surface area contributed by atoms with Crippen LogP contribution in [0, 0.1) is 6.92 Å². The number of pyridine rings is 1. The van der Waals surface area contributed by atoms with Crippen LogP contribution in [0.15, 0.2) is 64.9 Å². The van der Waals surface area contributed by atoms with Gasteiger partial charge < -0.3 is 10.1 Å². The van der Waals surface area contributed by atoms with Gasteiger partial charge in [-0.25, -0.2) is 4.98 Å². The quantitative estimate of drug-likeness (QED) is 0.344. The molecule has 3 rings (SSSR count). The molecule has 30 heavy (non-hydrogen) atoms. The van der Waals surface area contributed by atoms with Crippen molar-refractivity contribution in [1.82, 2.24) is 19.7 Å².